The number of aromatic nitrogens is 1. The van der Waals surface area contributed by atoms with E-state index in [9.17, 15) is 0 Å². The number of fused-ring (bicyclic) bond motifs is 1. The van der Waals surface area contributed by atoms with Crippen molar-refractivity contribution >= 4 is 38.3 Å². The highest BCUT2D eigenvalue weighted by Gasteiger charge is 2.04. The second-order valence-corrected chi connectivity index (χ2v) is 3.69. The molecule has 0 bridgehead atoms. The van der Waals surface area contributed by atoms with E-state index in [0.29, 0.717) is 15.7 Å². The zero-order valence-corrected chi connectivity index (χ0v) is 7.88. The van der Waals surface area contributed by atoms with Crippen molar-refractivity contribution in [3.63, 3.8) is 0 Å². The fourth-order valence-electron chi connectivity index (χ4n) is 0.984. The summed E-state index contributed by atoms with van der Waals surface area (Å²) in [5.41, 5.74) is 8.90. The van der Waals surface area contributed by atoms with Gasteiger partial charge in [0.1, 0.15) is 5.52 Å². The van der Waals surface area contributed by atoms with E-state index in [1.54, 1.807) is 6.07 Å². The molecule has 6 heteroatoms. The summed E-state index contributed by atoms with van der Waals surface area (Å²) in [5, 5.41) is 4.39. The summed E-state index contributed by atoms with van der Waals surface area (Å²) in [6, 6.07) is 5.47. The monoisotopic (exact) mass is 210 g/mol. The maximum absolute atomic E-state index is 8.21. The Bertz CT molecular complexity index is 500. The maximum Gasteiger partial charge on any atom is 0.181 e. The first-order valence-corrected chi connectivity index (χ1v) is 4.61. The number of azide groups is 1. The molecule has 64 valence electrons. The van der Waals surface area contributed by atoms with Gasteiger partial charge in [-0.05, 0) is 22.8 Å². The van der Waals surface area contributed by atoms with Gasteiger partial charge in [-0.1, -0.05) is 17.7 Å². The fourth-order valence-corrected chi connectivity index (χ4v) is 2.07. The van der Waals surface area contributed by atoms with Gasteiger partial charge in [-0.2, -0.15) is 0 Å². The smallest absolute Gasteiger partial charge is 0.181 e. The number of thiazole rings is 1. The molecule has 1 aromatic carbocycles. The molecule has 0 N–H and O–H groups in total. The zero-order chi connectivity index (χ0) is 9.26. The number of benzene rings is 1. The Labute approximate surface area is 82.4 Å². The van der Waals surface area contributed by atoms with Crippen molar-refractivity contribution in [2.75, 3.05) is 0 Å². The van der Waals surface area contributed by atoms with Gasteiger partial charge in [0.15, 0.2) is 5.13 Å². The molecule has 13 heavy (non-hydrogen) atoms. The Hall–Kier alpha value is -1.29. The molecule has 0 fully saturated rings. The van der Waals surface area contributed by atoms with Gasteiger partial charge in [-0.15, -0.1) is 11.3 Å². The third kappa shape index (κ3) is 1.45. The van der Waals surface area contributed by atoms with E-state index in [0.717, 1.165) is 4.70 Å². The van der Waals surface area contributed by atoms with Crippen LogP contribution >= 0.6 is 22.9 Å². The van der Waals surface area contributed by atoms with Crippen molar-refractivity contribution in [3.05, 3.63) is 33.7 Å². The summed E-state index contributed by atoms with van der Waals surface area (Å²) >= 11 is 7.20. The first-order valence-electron chi connectivity index (χ1n) is 3.41. The van der Waals surface area contributed by atoms with Crippen LogP contribution < -0.4 is 0 Å². The molecular formula is C7H3ClN4S. The molecule has 4 nitrogen and oxygen atoms in total. The van der Waals surface area contributed by atoms with Crippen LogP contribution in [0.5, 0.6) is 0 Å². The molecule has 0 aliphatic rings. The summed E-state index contributed by atoms with van der Waals surface area (Å²) in [5.74, 6) is 0. The molecule has 1 heterocycles. The van der Waals surface area contributed by atoms with Crippen molar-refractivity contribution in [3.8, 4) is 0 Å². The molecule has 0 saturated carbocycles. The van der Waals surface area contributed by atoms with Crippen molar-refractivity contribution in [1.82, 2.24) is 4.98 Å². The fraction of sp³-hybridized carbons (Fsp3) is 0. The van der Waals surface area contributed by atoms with E-state index in [1.807, 2.05) is 12.1 Å². The molecule has 0 spiro atoms. The first kappa shape index (κ1) is 8.31. The van der Waals surface area contributed by atoms with Gasteiger partial charge in [0.05, 0.1) is 9.72 Å². The van der Waals surface area contributed by atoms with Gasteiger partial charge >= 0.3 is 0 Å². The van der Waals surface area contributed by atoms with Crippen LogP contribution in [0.4, 0.5) is 5.13 Å². The Morgan fingerprint density at radius 3 is 3.08 bits per heavy atom. The SMILES string of the molecule is [N-]=[N+]=Nc1nc2c(Cl)cccc2s1. The van der Waals surface area contributed by atoms with Gasteiger partial charge in [0, 0.05) is 4.91 Å². The molecule has 0 aliphatic carbocycles. The highest BCUT2D eigenvalue weighted by Crippen LogP contribution is 2.31. The minimum atomic E-state index is 0.394. The molecule has 0 amide bonds. The van der Waals surface area contributed by atoms with Crippen LogP contribution in [-0.2, 0) is 0 Å². The molecule has 0 saturated heterocycles. The Morgan fingerprint density at radius 1 is 1.54 bits per heavy atom. The Balaban J connectivity index is 2.75. The maximum atomic E-state index is 8.21. The highest BCUT2D eigenvalue weighted by atomic mass is 35.5. The lowest BCUT2D eigenvalue weighted by atomic mass is 10.3. The van der Waals surface area contributed by atoms with E-state index in [-0.39, 0.29) is 0 Å². The second-order valence-electron chi connectivity index (χ2n) is 2.27. The van der Waals surface area contributed by atoms with Crippen LogP contribution in [0, 0.1) is 0 Å². The summed E-state index contributed by atoms with van der Waals surface area (Å²) in [6.07, 6.45) is 0. The number of halogens is 1. The number of hydrogen-bond donors (Lipinski definition) is 0. The minimum Gasteiger partial charge on any atom is -0.233 e. The average Bonchev–Trinajstić information content (AvgIpc) is 2.49. The topological polar surface area (TPSA) is 61.7 Å². The molecule has 0 unspecified atom stereocenters. The van der Waals surface area contributed by atoms with Crippen molar-refractivity contribution in [2.24, 2.45) is 5.11 Å². The standard InChI is InChI=1S/C7H3ClN4S/c8-4-2-1-3-5-6(4)10-7(13-5)11-12-9/h1-3H. The average molecular weight is 211 g/mol. The quantitative estimate of drug-likeness (QED) is 0.400. The number of nitrogens with zero attached hydrogens (tertiary/aromatic N) is 4. The van der Waals surface area contributed by atoms with Gasteiger partial charge in [0.25, 0.3) is 0 Å². The predicted molar refractivity (Wildman–Crippen MR) is 53.4 cm³/mol. The van der Waals surface area contributed by atoms with E-state index < -0.39 is 0 Å². The summed E-state index contributed by atoms with van der Waals surface area (Å²) < 4.78 is 0.926. The van der Waals surface area contributed by atoms with E-state index in [1.165, 1.54) is 11.3 Å². The first-order chi connectivity index (χ1) is 6.31. The van der Waals surface area contributed by atoms with Crippen LogP contribution in [0.2, 0.25) is 5.02 Å². The van der Waals surface area contributed by atoms with Crippen LogP contribution in [0.25, 0.3) is 20.7 Å². The largest absolute Gasteiger partial charge is 0.233 e. The molecular weight excluding hydrogens is 208 g/mol. The molecule has 2 rings (SSSR count). The van der Waals surface area contributed by atoms with E-state index in [2.05, 4.69) is 15.0 Å². The molecule has 1 aromatic heterocycles. The van der Waals surface area contributed by atoms with Gasteiger partial charge < -0.3 is 0 Å². The van der Waals surface area contributed by atoms with Crippen molar-refractivity contribution in [2.45, 2.75) is 0 Å². The third-order valence-electron chi connectivity index (χ3n) is 1.49. The van der Waals surface area contributed by atoms with Crippen LogP contribution in [0.15, 0.2) is 23.3 Å². The zero-order valence-electron chi connectivity index (χ0n) is 6.31. The third-order valence-corrected chi connectivity index (χ3v) is 2.70. The van der Waals surface area contributed by atoms with Crippen LogP contribution in [0.1, 0.15) is 0 Å². The minimum absolute atomic E-state index is 0.394. The Morgan fingerprint density at radius 2 is 2.38 bits per heavy atom. The van der Waals surface area contributed by atoms with Crippen molar-refractivity contribution in [1.29, 1.82) is 0 Å². The van der Waals surface area contributed by atoms with Crippen molar-refractivity contribution < 1.29 is 0 Å². The highest BCUT2D eigenvalue weighted by molar-refractivity contribution is 7.22. The predicted octanol–water partition coefficient (Wildman–Crippen LogP) is 3.89. The molecule has 0 radical (unpaired) electrons. The molecule has 0 atom stereocenters. The normalized spacial score (nSPS) is 9.92. The number of hydrogen-bond acceptors (Lipinski definition) is 3. The lowest BCUT2D eigenvalue weighted by Gasteiger charge is -1.87. The summed E-state index contributed by atoms with van der Waals surface area (Å²) in [7, 11) is 0. The van der Waals surface area contributed by atoms with Crippen LogP contribution in [0.3, 0.4) is 0 Å². The number of rotatable bonds is 1. The van der Waals surface area contributed by atoms with Crippen LogP contribution in [-0.4, -0.2) is 4.98 Å². The van der Waals surface area contributed by atoms with Gasteiger partial charge in [-0.3, -0.25) is 0 Å². The van der Waals surface area contributed by atoms with E-state index >= 15 is 0 Å². The van der Waals surface area contributed by atoms with Gasteiger partial charge in [-0.25, -0.2) is 4.98 Å². The summed E-state index contributed by atoms with van der Waals surface area (Å²) in [4.78, 5) is 6.73. The van der Waals surface area contributed by atoms with E-state index in [4.69, 9.17) is 17.1 Å². The lowest BCUT2D eigenvalue weighted by Crippen LogP contribution is -1.67. The number of para-hydroxylation sites is 1. The second kappa shape index (κ2) is 3.22. The summed E-state index contributed by atoms with van der Waals surface area (Å²) in [6.45, 7) is 0. The lowest BCUT2D eigenvalue weighted by molar-refractivity contribution is 1.38. The van der Waals surface area contributed by atoms with Gasteiger partial charge in [0.2, 0.25) is 0 Å². The molecule has 0 aliphatic heterocycles. The molecule has 2 aromatic rings. The Kier molecular flexibility index (Phi) is 2.06.